The molecule has 0 bridgehead atoms. The Bertz CT molecular complexity index is 347. The van der Waals surface area contributed by atoms with Crippen LogP contribution in [0.3, 0.4) is 0 Å². The van der Waals surface area contributed by atoms with Crippen molar-refractivity contribution in [1.29, 1.82) is 0 Å². The second kappa shape index (κ2) is 7.16. The van der Waals surface area contributed by atoms with Crippen LogP contribution >= 0.6 is 11.8 Å². The summed E-state index contributed by atoms with van der Waals surface area (Å²) < 4.78 is 2.02. The first kappa shape index (κ1) is 13.9. The molecule has 102 valence electrons. The Morgan fingerprint density at radius 2 is 2.28 bits per heavy atom. The fourth-order valence-corrected chi connectivity index (χ4v) is 3.98. The van der Waals surface area contributed by atoms with Crippen LogP contribution in [0.1, 0.15) is 50.8 Å². The van der Waals surface area contributed by atoms with Crippen LogP contribution in [0, 0.1) is 0 Å². The highest BCUT2D eigenvalue weighted by molar-refractivity contribution is 7.99. The molecule has 1 heterocycles. The van der Waals surface area contributed by atoms with Gasteiger partial charge in [-0.3, -0.25) is 16.0 Å². The third kappa shape index (κ3) is 3.49. The zero-order chi connectivity index (χ0) is 12.8. The molecule has 1 aliphatic carbocycles. The topological polar surface area (TPSA) is 55.9 Å². The van der Waals surface area contributed by atoms with Crippen molar-refractivity contribution in [3.8, 4) is 0 Å². The van der Waals surface area contributed by atoms with Gasteiger partial charge in [-0.2, -0.15) is 16.9 Å². The SMILES string of the molecule is CCn1nccc1C(CSC1CCCCC1)NN. The van der Waals surface area contributed by atoms with E-state index in [4.69, 9.17) is 5.84 Å². The molecular formula is C13H24N4S. The molecule has 1 aromatic rings. The quantitative estimate of drug-likeness (QED) is 0.615. The van der Waals surface area contributed by atoms with Crippen LogP contribution in [0.5, 0.6) is 0 Å². The molecule has 2 rings (SSSR count). The van der Waals surface area contributed by atoms with Crippen LogP contribution in [-0.4, -0.2) is 20.8 Å². The van der Waals surface area contributed by atoms with E-state index in [9.17, 15) is 0 Å². The summed E-state index contributed by atoms with van der Waals surface area (Å²) in [6.07, 6.45) is 8.80. The Hall–Kier alpha value is -0.520. The molecule has 0 amide bonds. The third-order valence-corrected chi connectivity index (χ3v) is 5.13. The first-order valence-electron chi connectivity index (χ1n) is 6.94. The molecule has 1 atom stereocenters. The van der Waals surface area contributed by atoms with Gasteiger partial charge in [0.1, 0.15) is 0 Å². The minimum Gasteiger partial charge on any atom is -0.271 e. The number of nitrogens with one attached hydrogen (secondary N) is 1. The first-order chi connectivity index (χ1) is 8.85. The molecule has 5 heteroatoms. The molecule has 3 N–H and O–H groups in total. The summed E-state index contributed by atoms with van der Waals surface area (Å²) in [6, 6.07) is 2.27. The molecule has 1 fully saturated rings. The predicted octanol–water partition coefficient (Wildman–Crippen LogP) is 2.47. The molecule has 0 radical (unpaired) electrons. The fourth-order valence-electron chi connectivity index (χ4n) is 2.59. The average molecular weight is 268 g/mol. The number of nitrogens with zero attached hydrogens (tertiary/aromatic N) is 2. The normalized spacial score (nSPS) is 19.0. The van der Waals surface area contributed by atoms with E-state index in [0.717, 1.165) is 17.5 Å². The van der Waals surface area contributed by atoms with E-state index in [0.29, 0.717) is 0 Å². The molecular weight excluding hydrogens is 244 g/mol. The average Bonchev–Trinajstić information content (AvgIpc) is 2.89. The Kier molecular flexibility index (Phi) is 5.53. The van der Waals surface area contributed by atoms with E-state index in [2.05, 4.69) is 35.3 Å². The summed E-state index contributed by atoms with van der Waals surface area (Å²) in [4.78, 5) is 0. The van der Waals surface area contributed by atoms with Crippen LogP contribution in [0.15, 0.2) is 12.3 Å². The van der Waals surface area contributed by atoms with E-state index in [1.54, 1.807) is 0 Å². The number of hydrogen-bond donors (Lipinski definition) is 2. The number of aryl methyl sites for hydroxylation is 1. The minimum absolute atomic E-state index is 0.208. The van der Waals surface area contributed by atoms with Crippen molar-refractivity contribution in [2.45, 2.75) is 56.9 Å². The highest BCUT2D eigenvalue weighted by Gasteiger charge is 2.19. The van der Waals surface area contributed by atoms with Gasteiger partial charge in [-0.15, -0.1) is 0 Å². The van der Waals surface area contributed by atoms with Gasteiger partial charge in [-0.1, -0.05) is 19.3 Å². The van der Waals surface area contributed by atoms with Gasteiger partial charge in [0, 0.05) is 23.7 Å². The Balaban J connectivity index is 1.88. The highest BCUT2D eigenvalue weighted by Crippen LogP contribution is 2.30. The largest absolute Gasteiger partial charge is 0.271 e. The van der Waals surface area contributed by atoms with Crippen molar-refractivity contribution in [2.24, 2.45) is 5.84 Å². The van der Waals surface area contributed by atoms with Gasteiger partial charge in [0.2, 0.25) is 0 Å². The number of nitrogens with two attached hydrogens (primary N) is 1. The highest BCUT2D eigenvalue weighted by atomic mass is 32.2. The van der Waals surface area contributed by atoms with Crippen LogP contribution in [0.4, 0.5) is 0 Å². The van der Waals surface area contributed by atoms with Gasteiger partial charge in [0.25, 0.3) is 0 Å². The smallest absolute Gasteiger partial charge is 0.0719 e. The van der Waals surface area contributed by atoms with Crippen LogP contribution in [-0.2, 0) is 6.54 Å². The van der Waals surface area contributed by atoms with Crippen LogP contribution in [0.25, 0.3) is 0 Å². The van der Waals surface area contributed by atoms with Crippen molar-refractivity contribution >= 4 is 11.8 Å². The van der Waals surface area contributed by atoms with Gasteiger partial charge in [0.05, 0.1) is 11.7 Å². The Morgan fingerprint density at radius 3 is 2.94 bits per heavy atom. The molecule has 1 aromatic heterocycles. The lowest BCUT2D eigenvalue weighted by molar-refractivity contribution is 0.508. The molecule has 0 aromatic carbocycles. The number of aromatic nitrogens is 2. The zero-order valence-corrected chi connectivity index (χ0v) is 12.0. The van der Waals surface area contributed by atoms with Crippen molar-refractivity contribution in [3.63, 3.8) is 0 Å². The molecule has 0 saturated heterocycles. The van der Waals surface area contributed by atoms with Crippen molar-refractivity contribution < 1.29 is 0 Å². The predicted molar refractivity (Wildman–Crippen MR) is 77.3 cm³/mol. The van der Waals surface area contributed by atoms with Crippen molar-refractivity contribution in [3.05, 3.63) is 18.0 Å². The number of thioether (sulfide) groups is 1. The van der Waals surface area contributed by atoms with Gasteiger partial charge < -0.3 is 0 Å². The summed E-state index contributed by atoms with van der Waals surface area (Å²) in [6.45, 7) is 3.01. The maximum absolute atomic E-state index is 5.70. The monoisotopic (exact) mass is 268 g/mol. The van der Waals surface area contributed by atoms with Gasteiger partial charge in [-0.25, -0.2) is 0 Å². The fraction of sp³-hybridized carbons (Fsp3) is 0.769. The van der Waals surface area contributed by atoms with Crippen LogP contribution < -0.4 is 11.3 Å². The van der Waals surface area contributed by atoms with Gasteiger partial charge in [0.15, 0.2) is 0 Å². The lowest BCUT2D eigenvalue weighted by atomic mass is 10.0. The second-order valence-electron chi connectivity index (χ2n) is 4.88. The molecule has 18 heavy (non-hydrogen) atoms. The summed E-state index contributed by atoms with van der Waals surface area (Å²) in [5, 5.41) is 5.14. The van der Waals surface area contributed by atoms with E-state index in [-0.39, 0.29) is 6.04 Å². The van der Waals surface area contributed by atoms with Gasteiger partial charge >= 0.3 is 0 Å². The second-order valence-corrected chi connectivity index (χ2v) is 6.22. The number of hydrazine groups is 1. The lowest BCUT2D eigenvalue weighted by Crippen LogP contribution is -2.32. The van der Waals surface area contributed by atoms with Gasteiger partial charge in [-0.05, 0) is 25.8 Å². The number of hydrogen-bond acceptors (Lipinski definition) is 4. The maximum Gasteiger partial charge on any atom is 0.0719 e. The lowest BCUT2D eigenvalue weighted by Gasteiger charge is -2.24. The molecule has 4 nitrogen and oxygen atoms in total. The van der Waals surface area contributed by atoms with E-state index in [1.165, 1.54) is 37.8 Å². The summed E-state index contributed by atoms with van der Waals surface area (Å²) in [5.74, 6) is 6.73. The molecule has 0 spiro atoms. The third-order valence-electron chi connectivity index (χ3n) is 3.66. The van der Waals surface area contributed by atoms with Crippen molar-refractivity contribution in [2.75, 3.05) is 5.75 Å². The minimum atomic E-state index is 0.208. The van der Waals surface area contributed by atoms with E-state index >= 15 is 0 Å². The maximum atomic E-state index is 5.70. The van der Waals surface area contributed by atoms with Crippen molar-refractivity contribution in [1.82, 2.24) is 15.2 Å². The van der Waals surface area contributed by atoms with Crippen LogP contribution in [0.2, 0.25) is 0 Å². The van der Waals surface area contributed by atoms with E-state index in [1.807, 2.05) is 10.9 Å². The molecule has 1 saturated carbocycles. The summed E-state index contributed by atoms with van der Waals surface area (Å²) in [5.41, 5.74) is 4.13. The summed E-state index contributed by atoms with van der Waals surface area (Å²) >= 11 is 2.06. The van der Waals surface area contributed by atoms with E-state index < -0.39 is 0 Å². The number of rotatable bonds is 6. The Labute approximate surface area is 114 Å². The zero-order valence-electron chi connectivity index (χ0n) is 11.1. The summed E-state index contributed by atoms with van der Waals surface area (Å²) in [7, 11) is 0. The molecule has 0 aliphatic heterocycles. The standard InChI is InChI=1S/C13H24N4S/c1-2-17-13(8-9-15-17)12(16-14)10-18-11-6-4-3-5-7-11/h8-9,11-12,16H,2-7,10,14H2,1H3. The Morgan fingerprint density at radius 1 is 1.50 bits per heavy atom. The molecule has 1 aliphatic rings. The first-order valence-corrected chi connectivity index (χ1v) is 7.99. The molecule has 1 unspecified atom stereocenters.